The number of halogens is 6. The maximum absolute atomic E-state index is 13.0. The van der Waals surface area contributed by atoms with Crippen molar-refractivity contribution >= 4 is 32.5 Å². The lowest BCUT2D eigenvalue weighted by Crippen LogP contribution is -1.84. The Hall–Kier alpha value is -0.760. The number of hydrogen-bond acceptors (Lipinski definition) is 0. The largest absolute Gasteiger partial charge is 0.328 e. The SMILES string of the molecule is FC(F)=S(F)c1ccccc1S(F)=C(F)F. The summed E-state index contributed by atoms with van der Waals surface area (Å²) >= 11 is 0. The van der Waals surface area contributed by atoms with E-state index in [1.807, 2.05) is 0 Å². The molecule has 0 aliphatic rings. The molecule has 0 aliphatic carbocycles. The minimum atomic E-state index is -3.13. The van der Waals surface area contributed by atoms with Crippen LogP contribution in [0.15, 0.2) is 34.1 Å². The summed E-state index contributed by atoms with van der Waals surface area (Å²) in [4.78, 5) is -1.50. The van der Waals surface area contributed by atoms with Crippen LogP contribution in [0.25, 0.3) is 0 Å². The van der Waals surface area contributed by atoms with Crippen LogP contribution in [0.5, 0.6) is 0 Å². The Kier molecular flexibility index (Phi) is 4.60. The molecule has 0 nitrogen and oxygen atoms in total. The molecule has 0 spiro atoms. The quantitative estimate of drug-likeness (QED) is 0.415. The van der Waals surface area contributed by atoms with Crippen molar-refractivity contribution in [3.8, 4) is 0 Å². The molecule has 0 saturated carbocycles. The van der Waals surface area contributed by atoms with Crippen molar-refractivity contribution in [3.05, 3.63) is 24.3 Å². The van der Waals surface area contributed by atoms with E-state index >= 15 is 0 Å². The van der Waals surface area contributed by atoms with Crippen molar-refractivity contribution in [2.75, 3.05) is 0 Å². The molecule has 0 aliphatic heterocycles. The van der Waals surface area contributed by atoms with Gasteiger partial charge in [0, 0.05) is 0 Å². The molecule has 0 saturated heterocycles. The van der Waals surface area contributed by atoms with Gasteiger partial charge < -0.3 is 0 Å². The molecule has 1 aromatic rings. The van der Waals surface area contributed by atoms with Crippen LogP contribution in [-0.4, -0.2) is 10.7 Å². The lowest BCUT2D eigenvalue weighted by Gasteiger charge is -2.05. The van der Waals surface area contributed by atoms with Crippen molar-refractivity contribution in [1.82, 2.24) is 0 Å². The van der Waals surface area contributed by atoms with Crippen LogP contribution < -0.4 is 0 Å². The second kappa shape index (κ2) is 5.53. The maximum Gasteiger partial charge on any atom is 0.328 e. The standard InChI is InChI=1S/C8H4F6S2/c9-7(10)15(13)5-3-1-2-4-6(5)16(14)8(11)12/h1-4H. The lowest BCUT2D eigenvalue weighted by atomic mass is 10.4. The minimum absolute atomic E-state index is 0.749. The minimum Gasteiger partial charge on any atom is -0.163 e. The summed E-state index contributed by atoms with van der Waals surface area (Å²) in [6.45, 7) is 0. The highest BCUT2D eigenvalue weighted by atomic mass is 32.2. The van der Waals surface area contributed by atoms with Gasteiger partial charge in [0.15, 0.2) is 0 Å². The van der Waals surface area contributed by atoms with Gasteiger partial charge in [0.05, 0.1) is 31.5 Å². The third kappa shape index (κ3) is 2.88. The first-order valence-corrected chi connectivity index (χ1v) is 5.96. The van der Waals surface area contributed by atoms with Crippen LogP contribution in [-0.2, 0) is 0 Å². The van der Waals surface area contributed by atoms with Gasteiger partial charge >= 0.3 is 10.7 Å². The second-order valence-corrected chi connectivity index (χ2v) is 4.93. The van der Waals surface area contributed by atoms with Crippen LogP contribution in [0.2, 0.25) is 0 Å². The molecule has 2 unspecified atom stereocenters. The molecule has 0 amide bonds. The van der Waals surface area contributed by atoms with Gasteiger partial charge in [-0.25, -0.2) is 0 Å². The fourth-order valence-corrected chi connectivity index (χ4v) is 2.57. The summed E-state index contributed by atoms with van der Waals surface area (Å²) in [6.07, 6.45) is 0. The highest BCUT2D eigenvalue weighted by Gasteiger charge is 2.16. The summed E-state index contributed by atoms with van der Waals surface area (Å²) in [5.41, 5.74) is 0. The normalized spacial score (nSPS) is 14.4. The zero-order chi connectivity index (χ0) is 12.3. The summed E-state index contributed by atoms with van der Waals surface area (Å²) in [6, 6.07) is 4.07. The van der Waals surface area contributed by atoms with Gasteiger partial charge in [0.2, 0.25) is 0 Å². The average Bonchev–Trinajstić information content (AvgIpc) is 2.26. The van der Waals surface area contributed by atoms with E-state index in [0.717, 1.165) is 12.1 Å². The smallest absolute Gasteiger partial charge is 0.163 e. The molecule has 1 rings (SSSR count). The molecule has 0 heterocycles. The highest BCUT2D eigenvalue weighted by Crippen LogP contribution is 2.42. The Morgan fingerprint density at radius 2 is 1.06 bits per heavy atom. The topological polar surface area (TPSA) is 0 Å². The van der Waals surface area contributed by atoms with Gasteiger partial charge in [0.1, 0.15) is 0 Å². The van der Waals surface area contributed by atoms with Gasteiger partial charge in [-0.2, -0.15) is 25.3 Å². The predicted molar refractivity (Wildman–Crippen MR) is 54.8 cm³/mol. The van der Waals surface area contributed by atoms with Gasteiger partial charge in [0.25, 0.3) is 0 Å². The Bertz CT molecular complexity index is 416. The molecule has 8 heteroatoms. The lowest BCUT2D eigenvalue weighted by molar-refractivity contribution is 0.636. The number of rotatable bonds is 2. The first-order valence-electron chi connectivity index (χ1n) is 3.71. The molecular formula is C8H4F6S2. The van der Waals surface area contributed by atoms with Crippen LogP contribution in [0.3, 0.4) is 0 Å². The molecule has 90 valence electrons. The number of benzene rings is 1. The van der Waals surface area contributed by atoms with E-state index in [2.05, 4.69) is 0 Å². The van der Waals surface area contributed by atoms with Crippen LogP contribution in [0.1, 0.15) is 0 Å². The fraction of sp³-hybridized carbons (Fsp3) is 0. The molecule has 0 aromatic heterocycles. The molecule has 2 atom stereocenters. The summed E-state index contributed by atoms with van der Waals surface area (Å²) in [5, 5.41) is -5.13. The van der Waals surface area contributed by atoms with Gasteiger partial charge in [-0.05, 0) is 12.1 Å². The fourth-order valence-electron chi connectivity index (χ4n) is 0.913. The Morgan fingerprint density at radius 3 is 1.31 bits per heavy atom. The van der Waals surface area contributed by atoms with E-state index < -0.39 is 42.3 Å². The zero-order valence-electron chi connectivity index (χ0n) is 7.39. The molecule has 0 N–H and O–H groups in total. The monoisotopic (exact) mass is 278 g/mol. The summed E-state index contributed by atoms with van der Waals surface area (Å²) < 4.78 is 73.9. The molecule has 16 heavy (non-hydrogen) atoms. The Labute approximate surface area is 92.3 Å². The average molecular weight is 278 g/mol. The summed E-state index contributed by atoms with van der Waals surface area (Å²) in [5.74, 6) is 0. The zero-order valence-corrected chi connectivity index (χ0v) is 9.03. The molecule has 0 fully saturated rings. The molecule has 0 radical (unpaired) electrons. The van der Waals surface area contributed by atoms with Gasteiger partial charge in [-0.1, -0.05) is 12.1 Å². The van der Waals surface area contributed by atoms with Crippen LogP contribution in [0, 0.1) is 0 Å². The molecule has 0 bridgehead atoms. The van der Waals surface area contributed by atoms with Gasteiger partial charge in [-0.15, -0.1) is 0 Å². The first-order chi connectivity index (χ1) is 7.45. The van der Waals surface area contributed by atoms with E-state index in [4.69, 9.17) is 0 Å². The van der Waals surface area contributed by atoms with Gasteiger partial charge in [-0.3, -0.25) is 0 Å². The highest BCUT2D eigenvalue weighted by molar-refractivity contribution is 8.13. The Morgan fingerprint density at radius 1 is 0.750 bits per heavy atom. The second-order valence-electron chi connectivity index (χ2n) is 2.41. The van der Waals surface area contributed by atoms with Crippen molar-refractivity contribution in [1.29, 1.82) is 0 Å². The number of hydrogen-bond donors (Lipinski definition) is 0. The van der Waals surface area contributed by atoms with E-state index in [-0.39, 0.29) is 0 Å². The third-order valence-electron chi connectivity index (χ3n) is 1.51. The maximum atomic E-state index is 13.0. The van der Waals surface area contributed by atoms with Crippen LogP contribution >= 0.6 is 21.7 Å². The van der Waals surface area contributed by atoms with Crippen molar-refractivity contribution in [2.45, 2.75) is 9.79 Å². The predicted octanol–water partition coefficient (Wildman–Crippen LogP) is 4.76. The Balaban J connectivity index is 3.44. The van der Waals surface area contributed by atoms with Crippen molar-refractivity contribution < 1.29 is 25.3 Å². The van der Waals surface area contributed by atoms with Crippen molar-refractivity contribution in [3.63, 3.8) is 0 Å². The van der Waals surface area contributed by atoms with Crippen molar-refractivity contribution in [2.24, 2.45) is 0 Å². The van der Waals surface area contributed by atoms with E-state index in [1.54, 1.807) is 0 Å². The third-order valence-corrected chi connectivity index (χ3v) is 3.66. The first kappa shape index (κ1) is 13.3. The van der Waals surface area contributed by atoms with E-state index in [9.17, 15) is 25.3 Å². The molecule has 1 aromatic carbocycles. The molecular weight excluding hydrogens is 274 g/mol. The van der Waals surface area contributed by atoms with Crippen LogP contribution in [0.4, 0.5) is 25.3 Å². The summed E-state index contributed by atoms with van der Waals surface area (Å²) in [7, 11) is -6.26. The van der Waals surface area contributed by atoms with E-state index in [0.29, 0.717) is 0 Å². The van der Waals surface area contributed by atoms with E-state index in [1.165, 1.54) is 12.1 Å².